The van der Waals surface area contributed by atoms with Gasteiger partial charge in [0.15, 0.2) is 11.5 Å². The van der Waals surface area contributed by atoms with Gasteiger partial charge in [-0.15, -0.1) is 0 Å². The standard InChI is InChI=1S/C24H32N8O3/c25-16-20-23(29-12-11-27-20)31-19(24(34)35)8-14-32(15-9-21(26)33)13-2-1-5-18-7-6-17-4-3-10-28-22(17)30-18/h6-7,11-12,19H,1-5,8-10,13-15H2,(H2,26,33)(H,28,30)(H,29,31)(H,34,35)/t19-/m0/s1. The van der Waals surface area contributed by atoms with Crippen LogP contribution in [0.4, 0.5) is 11.6 Å². The molecule has 0 aliphatic carbocycles. The molecule has 0 unspecified atom stereocenters. The molecule has 186 valence electrons. The van der Waals surface area contributed by atoms with E-state index in [0.29, 0.717) is 19.6 Å². The van der Waals surface area contributed by atoms with Crippen molar-refractivity contribution in [2.24, 2.45) is 5.73 Å². The lowest BCUT2D eigenvalue weighted by Crippen LogP contribution is -2.37. The van der Waals surface area contributed by atoms with Gasteiger partial charge in [-0.2, -0.15) is 5.26 Å². The summed E-state index contributed by atoms with van der Waals surface area (Å²) in [5, 5.41) is 25.0. The Kier molecular flexibility index (Phi) is 9.74. The number of hydrogen-bond donors (Lipinski definition) is 4. The Balaban J connectivity index is 1.52. The molecule has 1 amide bonds. The first-order valence-corrected chi connectivity index (χ1v) is 11.9. The number of carbonyl (C=O) groups is 2. The molecule has 0 bridgehead atoms. The number of aromatic nitrogens is 3. The Labute approximate surface area is 204 Å². The van der Waals surface area contributed by atoms with Crippen LogP contribution in [0.25, 0.3) is 0 Å². The predicted octanol–water partition coefficient (Wildman–Crippen LogP) is 1.56. The van der Waals surface area contributed by atoms with Crippen molar-refractivity contribution in [3.8, 4) is 6.07 Å². The minimum Gasteiger partial charge on any atom is -0.480 e. The number of unbranched alkanes of at least 4 members (excludes halogenated alkanes) is 1. The van der Waals surface area contributed by atoms with E-state index in [2.05, 4.69) is 32.7 Å². The summed E-state index contributed by atoms with van der Waals surface area (Å²) in [5.41, 5.74) is 7.69. The largest absolute Gasteiger partial charge is 0.480 e. The maximum absolute atomic E-state index is 11.8. The number of carbonyl (C=O) groups excluding carboxylic acids is 1. The zero-order valence-corrected chi connectivity index (χ0v) is 19.7. The first kappa shape index (κ1) is 25.8. The molecule has 35 heavy (non-hydrogen) atoms. The number of nitrogens with two attached hydrogens (primary N) is 1. The van der Waals surface area contributed by atoms with Crippen molar-refractivity contribution >= 4 is 23.5 Å². The molecule has 0 saturated carbocycles. The van der Waals surface area contributed by atoms with Crippen LogP contribution in [0.3, 0.4) is 0 Å². The smallest absolute Gasteiger partial charge is 0.326 e. The monoisotopic (exact) mass is 480 g/mol. The van der Waals surface area contributed by atoms with Gasteiger partial charge in [-0.25, -0.2) is 19.7 Å². The van der Waals surface area contributed by atoms with Crippen LogP contribution in [0.1, 0.15) is 49.1 Å². The highest BCUT2D eigenvalue weighted by atomic mass is 16.4. The number of nitriles is 1. The van der Waals surface area contributed by atoms with Crippen LogP contribution in [0, 0.1) is 11.3 Å². The Morgan fingerprint density at radius 2 is 2.06 bits per heavy atom. The zero-order chi connectivity index (χ0) is 25.0. The number of aliphatic carboxylic acids is 1. The highest BCUT2D eigenvalue weighted by Crippen LogP contribution is 2.20. The van der Waals surface area contributed by atoms with E-state index in [1.54, 1.807) is 0 Å². The van der Waals surface area contributed by atoms with Crippen LogP contribution in [-0.2, 0) is 22.4 Å². The number of amides is 1. The summed E-state index contributed by atoms with van der Waals surface area (Å²) in [6.45, 7) is 2.56. The number of anilines is 2. The zero-order valence-electron chi connectivity index (χ0n) is 19.7. The van der Waals surface area contributed by atoms with E-state index < -0.39 is 17.9 Å². The molecule has 11 heteroatoms. The lowest BCUT2D eigenvalue weighted by Gasteiger charge is -2.24. The quantitative estimate of drug-likeness (QED) is 0.291. The molecule has 1 aliphatic rings. The Bertz CT molecular complexity index is 1060. The molecule has 3 heterocycles. The normalized spacial score (nSPS) is 13.4. The van der Waals surface area contributed by atoms with Gasteiger partial charge in [-0.3, -0.25) is 4.79 Å². The maximum atomic E-state index is 11.8. The second-order valence-corrected chi connectivity index (χ2v) is 8.54. The number of primary amides is 1. The molecule has 1 atom stereocenters. The predicted molar refractivity (Wildman–Crippen MR) is 131 cm³/mol. The van der Waals surface area contributed by atoms with Crippen molar-refractivity contribution < 1.29 is 14.7 Å². The van der Waals surface area contributed by atoms with Gasteiger partial charge in [0.25, 0.3) is 0 Å². The average molecular weight is 481 g/mol. The number of nitrogens with one attached hydrogen (secondary N) is 2. The molecule has 3 rings (SSSR count). The molecular formula is C24H32N8O3. The van der Waals surface area contributed by atoms with Crippen molar-refractivity contribution in [3.63, 3.8) is 0 Å². The third kappa shape index (κ3) is 8.19. The van der Waals surface area contributed by atoms with Gasteiger partial charge in [-0.05, 0) is 56.7 Å². The van der Waals surface area contributed by atoms with Crippen LogP contribution < -0.4 is 16.4 Å². The summed E-state index contributed by atoms with van der Waals surface area (Å²) >= 11 is 0. The molecule has 0 aromatic carbocycles. The summed E-state index contributed by atoms with van der Waals surface area (Å²) in [6, 6.07) is 5.18. The summed E-state index contributed by atoms with van der Waals surface area (Å²) in [6.07, 6.45) is 8.07. The lowest BCUT2D eigenvalue weighted by atomic mass is 10.1. The van der Waals surface area contributed by atoms with E-state index in [9.17, 15) is 20.0 Å². The van der Waals surface area contributed by atoms with E-state index in [4.69, 9.17) is 10.7 Å². The van der Waals surface area contributed by atoms with Gasteiger partial charge in [0.05, 0.1) is 0 Å². The summed E-state index contributed by atoms with van der Waals surface area (Å²) in [4.78, 5) is 37.8. The van der Waals surface area contributed by atoms with Crippen molar-refractivity contribution in [1.82, 2.24) is 19.9 Å². The number of nitrogens with zero attached hydrogens (tertiary/aromatic N) is 5. The van der Waals surface area contributed by atoms with Crippen LogP contribution >= 0.6 is 0 Å². The summed E-state index contributed by atoms with van der Waals surface area (Å²) in [7, 11) is 0. The average Bonchev–Trinajstić information content (AvgIpc) is 2.86. The summed E-state index contributed by atoms with van der Waals surface area (Å²) < 4.78 is 0. The van der Waals surface area contributed by atoms with Crippen LogP contribution in [0.15, 0.2) is 24.5 Å². The molecular weight excluding hydrogens is 448 g/mol. The summed E-state index contributed by atoms with van der Waals surface area (Å²) in [5.74, 6) is -0.321. The van der Waals surface area contributed by atoms with Gasteiger partial charge >= 0.3 is 5.97 Å². The van der Waals surface area contributed by atoms with Gasteiger partial charge in [0, 0.05) is 44.1 Å². The molecule has 2 aromatic rings. The number of fused-ring (bicyclic) bond motifs is 1. The topological polar surface area (TPSA) is 170 Å². The van der Waals surface area contributed by atoms with Crippen molar-refractivity contribution in [2.45, 2.75) is 51.0 Å². The van der Waals surface area contributed by atoms with E-state index in [1.807, 2.05) is 11.0 Å². The first-order valence-electron chi connectivity index (χ1n) is 11.9. The van der Waals surface area contributed by atoms with Crippen LogP contribution in [-0.4, -0.2) is 69.1 Å². The van der Waals surface area contributed by atoms with E-state index >= 15 is 0 Å². The first-order chi connectivity index (χ1) is 17.0. The number of carboxylic acid groups (broad SMARTS) is 1. The Morgan fingerprint density at radius 3 is 2.83 bits per heavy atom. The number of rotatable bonds is 14. The van der Waals surface area contributed by atoms with Crippen molar-refractivity contribution in [2.75, 3.05) is 36.8 Å². The van der Waals surface area contributed by atoms with Crippen molar-refractivity contribution in [3.05, 3.63) is 41.5 Å². The Morgan fingerprint density at radius 1 is 1.23 bits per heavy atom. The van der Waals surface area contributed by atoms with Crippen molar-refractivity contribution in [1.29, 1.82) is 5.26 Å². The Hall–Kier alpha value is -3.78. The molecule has 11 nitrogen and oxygen atoms in total. The minimum atomic E-state index is -1.05. The molecule has 0 fully saturated rings. The fourth-order valence-corrected chi connectivity index (χ4v) is 4.01. The third-order valence-electron chi connectivity index (χ3n) is 5.93. The molecule has 0 spiro atoms. The van der Waals surface area contributed by atoms with Gasteiger partial charge in [-0.1, -0.05) is 6.07 Å². The molecule has 0 saturated heterocycles. The van der Waals surface area contributed by atoms with E-state index in [-0.39, 0.29) is 24.4 Å². The molecule has 2 aromatic heterocycles. The number of aryl methyl sites for hydroxylation is 2. The van der Waals surface area contributed by atoms with Crippen LogP contribution in [0.2, 0.25) is 0 Å². The van der Waals surface area contributed by atoms with E-state index in [0.717, 1.165) is 50.2 Å². The number of hydrogen-bond acceptors (Lipinski definition) is 9. The minimum absolute atomic E-state index is 0.0373. The van der Waals surface area contributed by atoms with Gasteiger partial charge < -0.3 is 26.4 Å². The third-order valence-corrected chi connectivity index (χ3v) is 5.93. The maximum Gasteiger partial charge on any atom is 0.326 e. The fraction of sp³-hybridized carbons (Fsp3) is 0.500. The highest BCUT2D eigenvalue weighted by Gasteiger charge is 2.21. The number of pyridine rings is 1. The van der Waals surface area contributed by atoms with Crippen LogP contribution in [0.5, 0.6) is 0 Å². The highest BCUT2D eigenvalue weighted by molar-refractivity contribution is 5.77. The number of carboxylic acids is 1. The molecule has 0 radical (unpaired) electrons. The molecule has 5 N–H and O–H groups in total. The lowest BCUT2D eigenvalue weighted by molar-refractivity contribution is -0.138. The van der Waals surface area contributed by atoms with E-state index in [1.165, 1.54) is 18.0 Å². The molecule has 1 aliphatic heterocycles. The second-order valence-electron chi connectivity index (χ2n) is 8.54. The SMILES string of the molecule is N#Cc1nccnc1N[C@@H](CCN(CCCCc1ccc2c(n1)NCCC2)CCC(N)=O)C(=O)O. The fourth-order valence-electron chi connectivity index (χ4n) is 4.01. The van der Waals surface area contributed by atoms with Gasteiger partial charge in [0.2, 0.25) is 5.91 Å². The second kappa shape index (κ2) is 13.2. The van der Waals surface area contributed by atoms with Gasteiger partial charge in [0.1, 0.15) is 17.9 Å².